The summed E-state index contributed by atoms with van der Waals surface area (Å²) in [5.74, 6) is -0.179. The topological polar surface area (TPSA) is 129 Å². The van der Waals surface area contributed by atoms with Gasteiger partial charge in [-0.2, -0.15) is 4.40 Å². The molecule has 3 N–H and O–H groups in total. The van der Waals surface area contributed by atoms with Crippen molar-refractivity contribution in [2.24, 2.45) is 10.1 Å². The van der Waals surface area contributed by atoms with E-state index < -0.39 is 11.3 Å². The Bertz CT molecular complexity index is 327. The Morgan fingerprint density at radius 3 is 2.77 bits per heavy atom. The summed E-state index contributed by atoms with van der Waals surface area (Å²) < 4.78 is 23.1. The van der Waals surface area contributed by atoms with Gasteiger partial charge in [0.1, 0.15) is 12.7 Å². The van der Waals surface area contributed by atoms with Gasteiger partial charge in [0, 0.05) is 0 Å². The normalized spacial score (nSPS) is 13.8. The highest BCUT2D eigenvalue weighted by molar-refractivity contribution is 7.77. The zero-order valence-corrected chi connectivity index (χ0v) is 7.06. The third-order valence-corrected chi connectivity index (χ3v) is 1.25. The smallest absolute Gasteiger partial charge is 0.232 e. The van der Waals surface area contributed by atoms with Gasteiger partial charge in [0.15, 0.2) is 0 Å². The van der Waals surface area contributed by atoms with Crippen LogP contribution >= 0.6 is 0 Å². The SMILES string of the molecule is NC(=NS(=O)[O-])Nc1ncncn1. The third kappa shape index (κ3) is 3.53. The monoisotopic (exact) mass is 201 g/mol. The fourth-order valence-corrected chi connectivity index (χ4v) is 0.728. The van der Waals surface area contributed by atoms with E-state index in [1.165, 1.54) is 12.7 Å². The average molecular weight is 201 g/mol. The van der Waals surface area contributed by atoms with Gasteiger partial charge in [0.05, 0.1) is 11.3 Å². The molecule has 0 bridgehead atoms. The van der Waals surface area contributed by atoms with Gasteiger partial charge in [-0.05, 0) is 0 Å². The minimum Gasteiger partial charge on any atom is -0.754 e. The summed E-state index contributed by atoms with van der Waals surface area (Å²) >= 11 is -2.59. The van der Waals surface area contributed by atoms with Crippen LogP contribution in [-0.2, 0) is 11.3 Å². The van der Waals surface area contributed by atoms with Crippen molar-refractivity contribution in [1.82, 2.24) is 15.0 Å². The lowest BCUT2D eigenvalue weighted by Crippen LogP contribution is -2.24. The Balaban J connectivity index is 2.65. The summed E-state index contributed by atoms with van der Waals surface area (Å²) in [5, 5.41) is 2.35. The first kappa shape index (κ1) is 9.48. The first-order chi connectivity index (χ1) is 6.18. The molecule has 0 aromatic carbocycles. The summed E-state index contributed by atoms with van der Waals surface area (Å²) in [6.45, 7) is 0. The van der Waals surface area contributed by atoms with Crippen LogP contribution in [0.4, 0.5) is 5.95 Å². The van der Waals surface area contributed by atoms with E-state index in [4.69, 9.17) is 5.73 Å². The molecular weight excluding hydrogens is 196 g/mol. The molecule has 0 aliphatic heterocycles. The summed E-state index contributed by atoms with van der Waals surface area (Å²) in [6, 6.07) is 0. The van der Waals surface area contributed by atoms with E-state index >= 15 is 0 Å². The van der Waals surface area contributed by atoms with Crippen molar-refractivity contribution in [2.45, 2.75) is 0 Å². The van der Waals surface area contributed by atoms with Crippen molar-refractivity contribution in [2.75, 3.05) is 5.32 Å². The molecule has 0 aliphatic rings. The van der Waals surface area contributed by atoms with E-state index in [-0.39, 0.29) is 11.9 Å². The average Bonchev–Trinajstić information content (AvgIpc) is 2.04. The molecule has 1 atom stereocenters. The maximum atomic E-state index is 10.0. The standard InChI is InChI=1S/C4H6N6O2S/c5-3(10-13(11)12)9-4-7-1-6-2-8-4/h1-2H,(H,11,12)(H3,5,6,7,8,9,10)/p-1. The van der Waals surface area contributed by atoms with E-state index in [0.29, 0.717) is 0 Å². The van der Waals surface area contributed by atoms with E-state index in [1.807, 2.05) is 0 Å². The van der Waals surface area contributed by atoms with Crippen molar-refractivity contribution < 1.29 is 8.76 Å². The third-order valence-electron chi connectivity index (χ3n) is 0.906. The van der Waals surface area contributed by atoms with Crippen molar-refractivity contribution in [1.29, 1.82) is 0 Å². The van der Waals surface area contributed by atoms with E-state index in [9.17, 15) is 8.76 Å². The molecule has 13 heavy (non-hydrogen) atoms. The predicted octanol–water partition coefficient (Wildman–Crippen LogP) is -1.61. The van der Waals surface area contributed by atoms with Gasteiger partial charge in [0.25, 0.3) is 0 Å². The molecule has 9 heteroatoms. The second kappa shape index (κ2) is 4.42. The molecule has 0 saturated heterocycles. The molecule has 0 saturated carbocycles. The molecule has 1 aromatic rings. The van der Waals surface area contributed by atoms with Crippen molar-refractivity contribution in [3.8, 4) is 0 Å². The van der Waals surface area contributed by atoms with Crippen molar-refractivity contribution in [3.05, 3.63) is 12.7 Å². The molecule has 0 spiro atoms. The van der Waals surface area contributed by atoms with Crippen LogP contribution in [0.5, 0.6) is 0 Å². The van der Waals surface area contributed by atoms with E-state index in [1.54, 1.807) is 0 Å². The van der Waals surface area contributed by atoms with Crippen LogP contribution < -0.4 is 11.1 Å². The van der Waals surface area contributed by atoms with Crippen LogP contribution in [0.2, 0.25) is 0 Å². The first-order valence-electron chi connectivity index (χ1n) is 3.01. The fraction of sp³-hybridized carbons (Fsp3) is 0. The number of nitrogens with one attached hydrogen (secondary N) is 1. The lowest BCUT2D eigenvalue weighted by Gasteiger charge is -2.02. The summed E-state index contributed by atoms with van der Waals surface area (Å²) in [7, 11) is 0. The van der Waals surface area contributed by atoms with Crippen LogP contribution in [-0.4, -0.2) is 29.7 Å². The molecule has 0 fully saturated rings. The maximum absolute atomic E-state index is 10.0. The van der Waals surface area contributed by atoms with Crippen LogP contribution in [0, 0.1) is 0 Å². The molecular formula is C4H5N6O2S-. The van der Waals surface area contributed by atoms with Crippen molar-refractivity contribution >= 4 is 23.2 Å². The number of nitrogens with zero attached hydrogens (tertiary/aromatic N) is 4. The number of rotatable bonds is 2. The van der Waals surface area contributed by atoms with Crippen molar-refractivity contribution in [3.63, 3.8) is 0 Å². The predicted molar refractivity (Wildman–Crippen MR) is 44.0 cm³/mol. The number of aromatic nitrogens is 3. The van der Waals surface area contributed by atoms with E-state index in [2.05, 4.69) is 24.7 Å². The van der Waals surface area contributed by atoms with Gasteiger partial charge in [-0.25, -0.2) is 19.2 Å². The zero-order chi connectivity index (χ0) is 9.68. The van der Waals surface area contributed by atoms with E-state index in [0.717, 1.165) is 0 Å². The molecule has 0 amide bonds. The Morgan fingerprint density at radius 2 is 2.23 bits per heavy atom. The lowest BCUT2D eigenvalue weighted by atomic mass is 10.8. The first-order valence-corrected chi connectivity index (χ1v) is 4.04. The number of hydrogen-bond donors (Lipinski definition) is 2. The Kier molecular flexibility index (Phi) is 3.23. The van der Waals surface area contributed by atoms with Crippen LogP contribution in [0.15, 0.2) is 17.1 Å². The Labute approximate surface area is 75.8 Å². The molecule has 1 heterocycles. The number of nitrogens with two attached hydrogens (primary N) is 1. The molecule has 1 unspecified atom stereocenters. The van der Waals surface area contributed by atoms with Gasteiger partial charge in [0.2, 0.25) is 11.9 Å². The largest absolute Gasteiger partial charge is 0.754 e. The highest BCUT2D eigenvalue weighted by Crippen LogP contribution is 1.90. The quantitative estimate of drug-likeness (QED) is 0.334. The summed E-state index contributed by atoms with van der Waals surface area (Å²) in [6.07, 6.45) is 2.47. The van der Waals surface area contributed by atoms with Gasteiger partial charge < -0.3 is 10.3 Å². The fourth-order valence-electron chi connectivity index (χ4n) is 0.521. The van der Waals surface area contributed by atoms with Gasteiger partial charge in [-0.1, -0.05) is 0 Å². The highest BCUT2D eigenvalue weighted by Gasteiger charge is 1.95. The second-order valence-electron chi connectivity index (χ2n) is 1.78. The van der Waals surface area contributed by atoms with Crippen LogP contribution in [0.1, 0.15) is 0 Å². The Hall–Kier alpha value is -1.61. The summed E-state index contributed by atoms with van der Waals surface area (Å²) in [5.41, 5.74) is 5.15. The zero-order valence-electron chi connectivity index (χ0n) is 6.25. The number of guanidine groups is 1. The molecule has 0 radical (unpaired) electrons. The van der Waals surface area contributed by atoms with Crippen LogP contribution in [0.25, 0.3) is 0 Å². The van der Waals surface area contributed by atoms with Gasteiger partial charge in [-0.3, -0.25) is 5.32 Å². The number of anilines is 1. The minimum atomic E-state index is -2.59. The highest BCUT2D eigenvalue weighted by atomic mass is 32.2. The lowest BCUT2D eigenvalue weighted by molar-refractivity contribution is 0.539. The molecule has 0 aliphatic carbocycles. The minimum absolute atomic E-state index is 0.127. The maximum Gasteiger partial charge on any atom is 0.232 e. The summed E-state index contributed by atoms with van der Waals surface area (Å²) in [4.78, 5) is 10.8. The molecule has 70 valence electrons. The molecule has 8 nitrogen and oxygen atoms in total. The van der Waals surface area contributed by atoms with Gasteiger partial charge in [-0.15, -0.1) is 0 Å². The number of hydrogen-bond acceptors (Lipinski definition) is 5. The molecule has 1 aromatic heterocycles. The second-order valence-corrected chi connectivity index (χ2v) is 2.40. The molecule has 1 rings (SSSR count). The Morgan fingerprint density at radius 1 is 1.62 bits per heavy atom. The van der Waals surface area contributed by atoms with Crippen LogP contribution in [0.3, 0.4) is 0 Å². The van der Waals surface area contributed by atoms with Gasteiger partial charge >= 0.3 is 0 Å².